The van der Waals surface area contributed by atoms with Crippen LogP contribution in [-0.2, 0) is 9.59 Å². The molecule has 3 N–H and O–H groups in total. The maximum atomic E-state index is 12.3. The van der Waals surface area contributed by atoms with Gasteiger partial charge in [0.25, 0.3) is 0 Å². The minimum Gasteiger partial charge on any atom is -0.481 e. The summed E-state index contributed by atoms with van der Waals surface area (Å²) in [5, 5.41) is 15.3. The summed E-state index contributed by atoms with van der Waals surface area (Å²) in [5.41, 5.74) is -2.27. The van der Waals surface area contributed by atoms with Gasteiger partial charge >= 0.3 is 5.97 Å². The molecule has 1 amide bonds. The van der Waals surface area contributed by atoms with Crippen LogP contribution in [0.25, 0.3) is 0 Å². The molecule has 0 aliphatic carbocycles. The van der Waals surface area contributed by atoms with Gasteiger partial charge in [0, 0.05) is 12.1 Å². The number of carboxylic acids is 1. The largest absolute Gasteiger partial charge is 0.481 e. The van der Waals surface area contributed by atoms with Gasteiger partial charge in [-0.25, -0.2) is 0 Å². The molecule has 0 aromatic carbocycles. The normalized spacial score (nSPS) is 24.9. The zero-order chi connectivity index (χ0) is 14.2. The SMILES string of the molecule is CC1(C(=O)NC(C)(C)C(C)(C)C(=O)O)CCNC1. The number of hydrogen-bond donors (Lipinski definition) is 3. The molecule has 1 fully saturated rings. The van der Waals surface area contributed by atoms with Crippen molar-refractivity contribution in [2.75, 3.05) is 13.1 Å². The molecule has 0 aromatic rings. The van der Waals surface area contributed by atoms with E-state index in [1.807, 2.05) is 6.92 Å². The monoisotopic (exact) mass is 256 g/mol. The molecule has 1 atom stereocenters. The Morgan fingerprint density at radius 1 is 1.28 bits per heavy atom. The van der Waals surface area contributed by atoms with Crippen molar-refractivity contribution < 1.29 is 14.7 Å². The summed E-state index contributed by atoms with van der Waals surface area (Å²) in [4.78, 5) is 23.6. The van der Waals surface area contributed by atoms with Crippen LogP contribution in [-0.4, -0.2) is 35.6 Å². The third-order valence-corrected chi connectivity index (χ3v) is 4.44. The first-order valence-corrected chi connectivity index (χ1v) is 6.30. The fourth-order valence-corrected chi connectivity index (χ4v) is 1.87. The summed E-state index contributed by atoms with van der Waals surface area (Å²) in [6.07, 6.45) is 0.780. The van der Waals surface area contributed by atoms with Crippen LogP contribution in [0.5, 0.6) is 0 Å². The molecular formula is C13H24N2O3. The Morgan fingerprint density at radius 2 is 1.83 bits per heavy atom. The highest BCUT2D eigenvalue weighted by Gasteiger charge is 2.47. The van der Waals surface area contributed by atoms with Crippen LogP contribution in [0, 0.1) is 10.8 Å². The van der Waals surface area contributed by atoms with Gasteiger partial charge in [0.15, 0.2) is 0 Å². The van der Waals surface area contributed by atoms with E-state index in [2.05, 4.69) is 10.6 Å². The number of carbonyl (C=O) groups is 2. The zero-order valence-corrected chi connectivity index (χ0v) is 11.9. The van der Waals surface area contributed by atoms with E-state index in [1.54, 1.807) is 27.7 Å². The Bertz CT molecular complexity index is 355. The molecule has 0 bridgehead atoms. The van der Waals surface area contributed by atoms with Crippen LogP contribution >= 0.6 is 0 Å². The van der Waals surface area contributed by atoms with Crippen LogP contribution in [0.4, 0.5) is 0 Å². The first-order chi connectivity index (χ1) is 8.03. The van der Waals surface area contributed by atoms with Crippen molar-refractivity contribution in [2.24, 2.45) is 10.8 Å². The Labute approximate surface area is 108 Å². The average Bonchev–Trinajstić information content (AvgIpc) is 2.65. The lowest BCUT2D eigenvalue weighted by Gasteiger charge is -2.40. The molecule has 1 unspecified atom stereocenters. The fraction of sp³-hybridized carbons (Fsp3) is 0.846. The second-order valence-electron chi connectivity index (χ2n) is 6.50. The molecular weight excluding hydrogens is 232 g/mol. The number of aliphatic carboxylic acids is 1. The Hall–Kier alpha value is -1.10. The number of carboxylic acid groups (broad SMARTS) is 1. The summed E-state index contributed by atoms with van der Waals surface area (Å²) in [5.74, 6) is -0.991. The molecule has 5 nitrogen and oxygen atoms in total. The Morgan fingerprint density at radius 3 is 2.22 bits per heavy atom. The number of amides is 1. The molecule has 1 aliphatic rings. The van der Waals surface area contributed by atoms with E-state index in [0.29, 0.717) is 6.54 Å². The van der Waals surface area contributed by atoms with Crippen molar-refractivity contribution in [3.63, 3.8) is 0 Å². The summed E-state index contributed by atoms with van der Waals surface area (Å²) < 4.78 is 0. The van der Waals surface area contributed by atoms with E-state index >= 15 is 0 Å². The molecule has 1 saturated heterocycles. The minimum atomic E-state index is -1.02. The highest BCUT2D eigenvalue weighted by Crippen LogP contribution is 2.33. The summed E-state index contributed by atoms with van der Waals surface area (Å²) >= 11 is 0. The van der Waals surface area contributed by atoms with Gasteiger partial charge in [0.05, 0.1) is 10.8 Å². The van der Waals surface area contributed by atoms with E-state index in [1.165, 1.54) is 0 Å². The highest BCUT2D eigenvalue weighted by atomic mass is 16.4. The standard InChI is InChI=1S/C13H24N2O3/c1-11(2,10(17)18)12(3,4)15-9(16)13(5)6-7-14-8-13/h14H,6-8H2,1-5H3,(H,15,16)(H,17,18). The van der Waals surface area contributed by atoms with Crippen molar-refractivity contribution in [1.82, 2.24) is 10.6 Å². The van der Waals surface area contributed by atoms with Crippen LogP contribution in [0.15, 0.2) is 0 Å². The number of hydrogen-bond acceptors (Lipinski definition) is 3. The van der Waals surface area contributed by atoms with Crippen molar-refractivity contribution in [1.29, 1.82) is 0 Å². The predicted octanol–water partition coefficient (Wildman–Crippen LogP) is 0.992. The number of rotatable bonds is 4. The number of carbonyl (C=O) groups excluding carboxylic acids is 1. The highest BCUT2D eigenvalue weighted by molar-refractivity contribution is 5.85. The zero-order valence-electron chi connectivity index (χ0n) is 11.9. The maximum absolute atomic E-state index is 12.3. The van der Waals surface area contributed by atoms with Gasteiger partial charge in [0.2, 0.25) is 5.91 Å². The topological polar surface area (TPSA) is 78.4 Å². The molecule has 0 spiro atoms. The van der Waals surface area contributed by atoms with Crippen molar-refractivity contribution >= 4 is 11.9 Å². The second kappa shape index (κ2) is 4.53. The molecule has 0 saturated carbocycles. The summed E-state index contributed by atoms with van der Waals surface area (Å²) in [6.45, 7) is 10.1. The molecule has 1 aliphatic heterocycles. The van der Waals surface area contributed by atoms with Gasteiger partial charge in [-0.3, -0.25) is 9.59 Å². The molecule has 1 heterocycles. The van der Waals surface area contributed by atoms with Gasteiger partial charge in [-0.2, -0.15) is 0 Å². The van der Waals surface area contributed by atoms with Gasteiger partial charge in [0.1, 0.15) is 0 Å². The molecule has 0 aromatic heterocycles. The van der Waals surface area contributed by atoms with E-state index in [9.17, 15) is 14.7 Å². The lowest BCUT2D eigenvalue weighted by Crippen LogP contribution is -2.59. The van der Waals surface area contributed by atoms with Crippen LogP contribution in [0.3, 0.4) is 0 Å². The van der Waals surface area contributed by atoms with E-state index in [-0.39, 0.29) is 5.91 Å². The fourth-order valence-electron chi connectivity index (χ4n) is 1.87. The Balaban J connectivity index is 2.83. The van der Waals surface area contributed by atoms with Gasteiger partial charge in [-0.05, 0) is 47.6 Å². The van der Waals surface area contributed by atoms with Gasteiger partial charge < -0.3 is 15.7 Å². The molecule has 0 radical (unpaired) electrons. The van der Waals surface area contributed by atoms with Crippen molar-refractivity contribution in [3.05, 3.63) is 0 Å². The lowest BCUT2D eigenvalue weighted by molar-refractivity contribution is -0.152. The molecule has 5 heteroatoms. The average molecular weight is 256 g/mol. The van der Waals surface area contributed by atoms with Gasteiger partial charge in [-0.1, -0.05) is 0 Å². The van der Waals surface area contributed by atoms with Crippen LogP contribution in [0.1, 0.15) is 41.0 Å². The van der Waals surface area contributed by atoms with E-state index in [4.69, 9.17) is 0 Å². The third kappa shape index (κ3) is 2.51. The first-order valence-electron chi connectivity index (χ1n) is 6.30. The number of nitrogens with one attached hydrogen (secondary N) is 2. The molecule has 1 rings (SSSR count). The summed E-state index contributed by atoms with van der Waals surface area (Å²) in [7, 11) is 0. The Kier molecular flexibility index (Phi) is 3.77. The minimum absolute atomic E-state index is 0.0770. The van der Waals surface area contributed by atoms with E-state index in [0.717, 1.165) is 13.0 Å². The van der Waals surface area contributed by atoms with E-state index < -0.39 is 22.3 Å². The summed E-state index contributed by atoms with van der Waals surface area (Å²) in [6, 6.07) is 0. The molecule has 18 heavy (non-hydrogen) atoms. The van der Waals surface area contributed by atoms with Crippen LogP contribution in [0.2, 0.25) is 0 Å². The quantitative estimate of drug-likeness (QED) is 0.701. The van der Waals surface area contributed by atoms with Crippen LogP contribution < -0.4 is 10.6 Å². The van der Waals surface area contributed by atoms with Crippen molar-refractivity contribution in [3.8, 4) is 0 Å². The lowest BCUT2D eigenvalue weighted by atomic mass is 9.73. The van der Waals surface area contributed by atoms with Gasteiger partial charge in [-0.15, -0.1) is 0 Å². The molecule has 104 valence electrons. The first kappa shape index (κ1) is 15.0. The van der Waals surface area contributed by atoms with Crippen molar-refractivity contribution in [2.45, 2.75) is 46.6 Å². The maximum Gasteiger partial charge on any atom is 0.311 e. The smallest absolute Gasteiger partial charge is 0.311 e. The third-order valence-electron chi connectivity index (χ3n) is 4.44. The second-order valence-corrected chi connectivity index (χ2v) is 6.50. The predicted molar refractivity (Wildman–Crippen MR) is 69.2 cm³/mol.